The molecule has 7 heteroatoms. The molecule has 6 nitrogen and oxygen atoms in total. The van der Waals surface area contributed by atoms with Crippen molar-refractivity contribution in [3.63, 3.8) is 0 Å². The van der Waals surface area contributed by atoms with E-state index < -0.39 is 11.6 Å². The lowest BCUT2D eigenvalue weighted by molar-refractivity contribution is -0.152. The normalized spacial score (nSPS) is 11.9. The molecule has 2 heterocycles. The van der Waals surface area contributed by atoms with E-state index in [0.717, 1.165) is 27.0 Å². The van der Waals surface area contributed by atoms with E-state index in [1.54, 1.807) is 30.3 Å². The molecule has 30 heavy (non-hydrogen) atoms. The van der Waals surface area contributed by atoms with Crippen molar-refractivity contribution >= 4 is 40.6 Å². The van der Waals surface area contributed by atoms with Crippen molar-refractivity contribution in [2.45, 2.75) is 38.2 Å². The highest BCUT2D eigenvalue weighted by Crippen LogP contribution is 2.30. The fraction of sp³-hybridized carbons (Fsp3) is 0.261. The van der Waals surface area contributed by atoms with Gasteiger partial charge in [-0.05, 0) is 74.9 Å². The maximum Gasteiger partial charge on any atom is 0.347 e. The van der Waals surface area contributed by atoms with Crippen LogP contribution in [0.2, 0.25) is 0 Å². The molecule has 3 rings (SSSR count). The minimum atomic E-state index is -1.34. The molecule has 0 aliphatic carbocycles. The number of allylic oxidation sites excluding steroid dienone is 1. The topological polar surface area (TPSA) is 89.6 Å². The third-order valence-electron chi connectivity index (χ3n) is 4.69. The minimum Gasteiger partial charge on any atom is -0.478 e. The second-order valence-corrected chi connectivity index (χ2v) is 8.29. The molecule has 1 N–H and O–H groups in total. The van der Waals surface area contributed by atoms with E-state index in [4.69, 9.17) is 9.15 Å². The zero-order valence-corrected chi connectivity index (χ0v) is 18.3. The quantitative estimate of drug-likeness (QED) is 0.312. The Morgan fingerprint density at radius 3 is 2.50 bits per heavy atom. The number of hydrogen-bond acceptors (Lipinski definition) is 6. The van der Waals surface area contributed by atoms with Crippen LogP contribution in [0.1, 0.15) is 41.0 Å². The van der Waals surface area contributed by atoms with Crippen molar-refractivity contribution in [1.82, 2.24) is 4.98 Å². The molecule has 0 spiro atoms. The summed E-state index contributed by atoms with van der Waals surface area (Å²) >= 11 is 1.54. The van der Waals surface area contributed by atoms with E-state index in [0.29, 0.717) is 11.3 Å². The maximum atomic E-state index is 12.7. The number of ketones is 1. The summed E-state index contributed by atoms with van der Waals surface area (Å²) in [7, 11) is 0. The Hall–Kier alpha value is -3.06. The van der Waals surface area contributed by atoms with Crippen LogP contribution in [-0.4, -0.2) is 33.7 Å². The largest absolute Gasteiger partial charge is 0.478 e. The number of aromatic nitrogens is 1. The summed E-state index contributed by atoms with van der Waals surface area (Å²) in [5.41, 5.74) is 1.77. The lowest BCUT2D eigenvalue weighted by atomic mass is 10.0. The van der Waals surface area contributed by atoms with Crippen LogP contribution in [0.3, 0.4) is 0 Å². The van der Waals surface area contributed by atoms with E-state index in [1.165, 1.54) is 19.9 Å². The first-order valence-corrected chi connectivity index (χ1v) is 10.5. The number of aliphatic carboxylic acids is 1. The maximum absolute atomic E-state index is 12.7. The van der Waals surface area contributed by atoms with Crippen LogP contribution in [0.4, 0.5) is 0 Å². The second-order valence-electron chi connectivity index (χ2n) is 7.44. The Kier molecular flexibility index (Phi) is 6.03. The van der Waals surface area contributed by atoms with Crippen molar-refractivity contribution in [3.8, 4) is 5.75 Å². The third-order valence-corrected chi connectivity index (χ3v) is 5.46. The summed E-state index contributed by atoms with van der Waals surface area (Å²) in [5.74, 6) is -0.775. The minimum absolute atomic E-state index is 0.259. The Bertz CT molecular complexity index is 1140. The average molecular weight is 426 g/mol. The number of aryl methyl sites for hydroxylation is 2. The Balaban J connectivity index is 1.87. The molecule has 0 saturated heterocycles. The molecule has 1 aromatic carbocycles. The molecule has 0 atom stereocenters. The smallest absolute Gasteiger partial charge is 0.347 e. The molecule has 0 bridgehead atoms. The molecule has 0 aliphatic rings. The highest BCUT2D eigenvalue weighted by molar-refractivity contribution is 7.98. The van der Waals surface area contributed by atoms with Crippen LogP contribution < -0.4 is 4.74 Å². The molecule has 0 amide bonds. The first-order valence-electron chi connectivity index (χ1n) is 9.30. The van der Waals surface area contributed by atoms with E-state index in [2.05, 4.69) is 4.98 Å². The molecule has 0 fully saturated rings. The van der Waals surface area contributed by atoms with Gasteiger partial charge in [-0.2, -0.15) is 0 Å². The molecular formula is C23H23NO5S. The molecule has 156 valence electrons. The van der Waals surface area contributed by atoms with E-state index in [-0.39, 0.29) is 11.5 Å². The van der Waals surface area contributed by atoms with Crippen molar-refractivity contribution in [2.75, 3.05) is 6.26 Å². The molecule has 0 saturated carbocycles. The number of ether oxygens (including phenoxy) is 1. The van der Waals surface area contributed by atoms with Gasteiger partial charge in [0.1, 0.15) is 5.75 Å². The number of fused-ring (bicyclic) bond motifs is 1. The molecule has 2 aromatic heterocycles. The first kappa shape index (κ1) is 21.6. The number of rotatable bonds is 7. The monoisotopic (exact) mass is 425 g/mol. The highest BCUT2D eigenvalue weighted by Gasteiger charge is 2.30. The fourth-order valence-corrected chi connectivity index (χ4v) is 3.61. The van der Waals surface area contributed by atoms with Gasteiger partial charge in [0, 0.05) is 16.5 Å². The van der Waals surface area contributed by atoms with Crippen LogP contribution in [0.25, 0.3) is 17.0 Å². The molecule has 0 radical (unpaired) electrons. The summed E-state index contributed by atoms with van der Waals surface area (Å²) in [6, 6.07) is 5.51. The number of nitrogens with zero attached hydrogens (tertiary/aromatic N) is 1. The van der Waals surface area contributed by atoms with Gasteiger partial charge >= 0.3 is 5.97 Å². The number of furan rings is 1. The van der Waals surface area contributed by atoms with Crippen LogP contribution in [0.15, 0.2) is 46.0 Å². The zero-order valence-electron chi connectivity index (χ0n) is 17.5. The number of carboxylic acid groups (broad SMARTS) is 1. The van der Waals surface area contributed by atoms with Crippen molar-refractivity contribution in [1.29, 1.82) is 0 Å². The fourth-order valence-electron chi connectivity index (χ4n) is 3.07. The van der Waals surface area contributed by atoms with Crippen LogP contribution >= 0.6 is 11.8 Å². The van der Waals surface area contributed by atoms with Gasteiger partial charge in [-0.1, -0.05) is 6.08 Å². The van der Waals surface area contributed by atoms with Gasteiger partial charge in [0.2, 0.25) is 5.78 Å². The number of hydrogen-bond donors (Lipinski definition) is 1. The number of carbonyl (C=O) groups is 2. The van der Waals surface area contributed by atoms with Crippen molar-refractivity contribution in [3.05, 3.63) is 59.1 Å². The number of pyridine rings is 1. The van der Waals surface area contributed by atoms with Crippen LogP contribution in [0, 0.1) is 13.8 Å². The number of thioether (sulfide) groups is 1. The van der Waals surface area contributed by atoms with Gasteiger partial charge in [-0.3, -0.25) is 4.79 Å². The lowest BCUT2D eigenvalue weighted by Gasteiger charge is -2.24. The number of carbonyl (C=O) groups excluding carboxylic acids is 1. The van der Waals surface area contributed by atoms with Gasteiger partial charge in [0.05, 0.1) is 6.26 Å². The van der Waals surface area contributed by atoms with Crippen molar-refractivity contribution < 1.29 is 23.8 Å². The van der Waals surface area contributed by atoms with Gasteiger partial charge < -0.3 is 14.3 Å². The highest BCUT2D eigenvalue weighted by atomic mass is 32.2. The van der Waals surface area contributed by atoms with Gasteiger partial charge in [0.25, 0.3) is 0 Å². The summed E-state index contributed by atoms with van der Waals surface area (Å²) in [5, 5.41) is 10.2. The summed E-state index contributed by atoms with van der Waals surface area (Å²) < 4.78 is 11.2. The second kappa shape index (κ2) is 8.36. The van der Waals surface area contributed by atoms with E-state index in [1.807, 2.05) is 38.3 Å². The standard InChI is InChI=1S/C23H23NO5S/c1-13-10-15(11-14(2)20(13)29-23(3,4)22(26)27)6-7-17(25)19-21-16(8-9-28-21)18(30-5)12-24-19/h6-12H,1-5H3,(H,26,27)/b7-6+. The van der Waals surface area contributed by atoms with Crippen LogP contribution in [0.5, 0.6) is 5.75 Å². The Labute approximate surface area is 178 Å². The van der Waals surface area contributed by atoms with Gasteiger partial charge in [-0.15, -0.1) is 11.8 Å². The zero-order chi connectivity index (χ0) is 22.1. The van der Waals surface area contributed by atoms with E-state index >= 15 is 0 Å². The Morgan fingerprint density at radius 1 is 1.23 bits per heavy atom. The summed E-state index contributed by atoms with van der Waals surface area (Å²) in [4.78, 5) is 29.3. The molecule has 0 unspecified atom stereocenters. The summed E-state index contributed by atoms with van der Waals surface area (Å²) in [6.45, 7) is 6.69. The van der Waals surface area contributed by atoms with Crippen LogP contribution in [-0.2, 0) is 4.79 Å². The van der Waals surface area contributed by atoms with Gasteiger partial charge in [-0.25, -0.2) is 9.78 Å². The average Bonchev–Trinajstić information content (AvgIpc) is 3.18. The van der Waals surface area contributed by atoms with Crippen molar-refractivity contribution in [2.24, 2.45) is 0 Å². The third kappa shape index (κ3) is 4.26. The molecule has 3 aromatic rings. The summed E-state index contributed by atoms with van der Waals surface area (Å²) in [6.07, 6.45) is 8.33. The Morgan fingerprint density at radius 2 is 1.90 bits per heavy atom. The molecule has 0 aliphatic heterocycles. The first-order chi connectivity index (χ1) is 14.1. The predicted octanol–water partition coefficient (Wildman–Crippen LogP) is 5.30. The predicted molar refractivity (Wildman–Crippen MR) is 117 cm³/mol. The number of benzene rings is 1. The molecular weight excluding hydrogens is 402 g/mol. The lowest BCUT2D eigenvalue weighted by Crippen LogP contribution is -2.38. The number of carboxylic acids is 1. The SMILES string of the molecule is CSc1cnc(C(=O)/C=C/c2cc(C)c(OC(C)(C)C(=O)O)c(C)c2)c2occc12. The van der Waals surface area contributed by atoms with Gasteiger partial charge in [0.15, 0.2) is 16.9 Å². The van der Waals surface area contributed by atoms with E-state index in [9.17, 15) is 14.7 Å².